The number of ether oxygens (including phenoxy) is 1. The van der Waals surface area contributed by atoms with Gasteiger partial charge in [-0.2, -0.15) is 0 Å². The number of aliphatic hydroxyl groups excluding tert-OH is 1. The molecule has 1 heterocycles. The molecule has 0 spiro atoms. The van der Waals surface area contributed by atoms with Gasteiger partial charge in [-0.3, -0.25) is 0 Å². The van der Waals surface area contributed by atoms with Crippen molar-refractivity contribution < 1.29 is 14.6 Å². The smallest absolute Gasteiger partial charge is 0.348 e. The molecule has 1 N–H and O–H groups in total. The Kier molecular flexibility index (Phi) is 4.57. The van der Waals surface area contributed by atoms with Crippen LogP contribution in [0.4, 0.5) is 0 Å². The zero-order valence-electron chi connectivity index (χ0n) is 9.80. The standard InChI is InChI=1S/C13H18O3S/c14-10-6-3-1-2-4-7-11(10)16-13(15)12-8-5-9-17-12/h5,8-11,14H,1-4,6-7H2/t10-,11+/m1/s1. The summed E-state index contributed by atoms with van der Waals surface area (Å²) in [6.07, 6.45) is 5.07. The van der Waals surface area contributed by atoms with Crippen LogP contribution < -0.4 is 0 Å². The molecule has 0 unspecified atom stereocenters. The number of esters is 1. The number of aliphatic hydroxyl groups is 1. The zero-order valence-corrected chi connectivity index (χ0v) is 10.6. The van der Waals surface area contributed by atoms with E-state index in [4.69, 9.17) is 4.74 Å². The molecule has 1 aliphatic carbocycles. The SMILES string of the molecule is O=C(O[C@H]1CCCCCC[C@H]1O)c1cccs1. The van der Waals surface area contributed by atoms with Crippen molar-refractivity contribution in [2.75, 3.05) is 0 Å². The summed E-state index contributed by atoms with van der Waals surface area (Å²) in [5.41, 5.74) is 0. The molecule has 1 saturated carbocycles. The summed E-state index contributed by atoms with van der Waals surface area (Å²) < 4.78 is 5.40. The van der Waals surface area contributed by atoms with Gasteiger partial charge in [-0.15, -0.1) is 11.3 Å². The highest BCUT2D eigenvalue weighted by Gasteiger charge is 2.25. The largest absolute Gasteiger partial charge is 0.455 e. The Morgan fingerprint density at radius 1 is 1.29 bits per heavy atom. The van der Waals surface area contributed by atoms with Gasteiger partial charge in [-0.05, 0) is 30.7 Å². The first-order chi connectivity index (χ1) is 8.27. The second-order valence-corrected chi connectivity index (χ2v) is 5.43. The van der Waals surface area contributed by atoms with E-state index >= 15 is 0 Å². The first-order valence-corrected chi connectivity index (χ1v) is 7.08. The highest BCUT2D eigenvalue weighted by molar-refractivity contribution is 7.11. The molecule has 1 aromatic heterocycles. The maximum Gasteiger partial charge on any atom is 0.348 e. The van der Waals surface area contributed by atoms with Gasteiger partial charge in [0.2, 0.25) is 0 Å². The van der Waals surface area contributed by atoms with E-state index in [0.717, 1.165) is 25.7 Å². The fourth-order valence-corrected chi connectivity index (χ4v) is 2.76. The second kappa shape index (κ2) is 6.17. The Bertz CT molecular complexity index is 348. The van der Waals surface area contributed by atoms with Crippen LogP contribution in [0.25, 0.3) is 0 Å². The van der Waals surface area contributed by atoms with Crippen molar-refractivity contribution in [1.82, 2.24) is 0 Å². The predicted octanol–water partition coefficient (Wildman–Crippen LogP) is 2.99. The average Bonchev–Trinajstić information content (AvgIpc) is 2.82. The number of hydrogen-bond acceptors (Lipinski definition) is 4. The molecule has 0 aliphatic heterocycles. The van der Waals surface area contributed by atoms with E-state index < -0.39 is 6.10 Å². The van der Waals surface area contributed by atoms with Gasteiger partial charge in [0.25, 0.3) is 0 Å². The van der Waals surface area contributed by atoms with E-state index in [1.54, 1.807) is 6.07 Å². The molecule has 94 valence electrons. The molecule has 1 aromatic rings. The van der Waals surface area contributed by atoms with Crippen LogP contribution in [0, 0.1) is 0 Å². The van der Waals surface area contributed by atoms with Crippen LogP contribution in [0.1, 0.15) is 48.2 Å². The lowest BCUT2D eigenvalue weighted by atomic mass is 9.96. The molecule has 0 amide bonds. The zero-order chi connectivity index (χ0) is 12.1. The van der Waals surface area contributed by atoms with E-state index in [0.29, 0.717) is 4.88 Å². The molecule has 0 bridgehead atoms. The quantitative estimate of drug-likeness (QED) is 0.825. The van der Waals surface area contributed by atoms with E-state index in [2.05, 4.69) is 0 Å². The maximum atomic E-state index is 11.8. The Labute approximate surface area is 105 Å². The van der Waals surface area contributed by atoms with Crippen LogP contribution in [0.15, 0.2) is 17.5 Å². The average molecular weight is 254 g/mol. The molecule has 0 saturated heterocycles. The van der Waals surface area contributed by atoms with Gasteiger partial charge >= 0.3 is 5.97 Å². The topological polar surface area (TPSA) is 46.5 Å². The highest BCUT2D eigenvalue weighted by Crippen LogP contribution is 2.22. The highest BCUT2D eigenvalue weighted by atomic mass is 32.1. The van der Waals surface area contributed by atoms with Crippen molar-refractivity contribution in [3.8, 4) is 0 Å². The summed E-state index contributed by atoms with van der Waals surface area (Å²) in [7, 11) is 0. The number of carbonyl (C=O) groups excluding carboxylic acids is 1. The van der Waals surface area contributed by atoms with Crippen molar-refractivity contribution in [2.45, 2.75) is 50.7 Å². The fraction of sp³-hybridized carbons (Fsp3) is 0.615. The fourth-order valence-electron chi connectivity index (χ4n) is 2.16. The third kappa shape index (κ3) is 3.54. The summed E-state index contributed by atoms with van der Waals surface area (Å²) >= 11 is 1.37. The molecule has 2 rings (SSSR count). The van der Waals surface area contributed by atoms with Gasteiger partial charge in [0.15, 0.2) is 0 Å². The number of rotatable bonds is 2. The number of carbonyl (C=O) groups is 1. The van der Waals surface area contributed by atoms with E-state index in [1.165, 1.54) is 24.2 Å². The molecule has 4 heteroatoms. The van der Waals surface area contributed by atoms with E-state index in [-0.39, 0.29) is 12.1 Å². The third-order valence-corrected chi connectivity index (χ3v) is 4.00. The van der Waals surface area contributed by atoms with Crippen molar-refractivity contribution in [3.05, 3.63) is 22.4 Å². The minimum absolute atomic E-state index is 0.301. The lowest BCUT2D eigenvalue weighted by molar-refractivity contribution is -0.0279. The maximum absolute atomic E-state index is 11.8. The van der Waals surface area contributed by atoms with Gasteiger partial charge in [-0.1, -0.05) is 25.3 Å². The molecule has 0 radical (unpaired) electrons. The molecular formula is C13H18O3S. The van der Waals surface area contributed by atoms with Gasteiger partial charge in [0, 0.05) is 0 Å². The lowest BCUT2D eigenvalue weighted by Gasteiger charge is -2.25. The Balaban J connectivity index is 1.93. The van der Waals surface area contributed by atoms with Crippen molar-refractivity contribution >= 4 is 17.3 Å². The Morgan fingerprint density at radius 2 is 2.06 bits per heavy atom. The van der Waals surface area contributed by atoms with Crippen molar-refractivity contribution in [3.63, 3.8) is 0 Å². The molecular weight excluding hydrogens is 236 g/mol. The van der Waals surface area contributed by atoms with Gasteiger partial charge < -0.3 is 9.84 Å². The minimum Gasteiger partial charge on any atom is -0.455 e. The van der Waals surface area contributed by atoms with Crippen LogP contribution in [-0.2, 0) is 4.74 Å². The summed E-state index contributed by atoms with van der Waals surface area (Å²) in [5.74, 6) is -0.301. The summed E-state index contributed by atoms with van der Waals surface area (Å²) in [6, 6.07) is 3.58. The first kappa shape index (κ1) is 12.6. The van der Waals surface area contributed by atoms with Crippen LogP contribution >= 0.6 is 11.3 Å². The Morgan fingerprint density at radius 3 is 2.76 bits per heavy atom. The van der Waals surface area contributed by atoms with E-state index in [9.17, 15) is 9.90 Å². The molecule has 1 fully saturated rings. The van der Waals surface area contributed by atoms with Gasteiger partial charge in [0.05, 0.1) is 6.10 Å². The van der Waals surface area contributed by atoms with Crippen molar-refractivity contribution in [1.29, 1.82) is 0 Å². The summed E-state index contributed by atoms with van der Waals surface area (Å²) in [5, 5.41) is 11.8. The number of hydrogen-bond donors (Lipinski definition) is 1. The molecule has 17 heavy (non-hydrogen) atoms. The summed E-state index contributed by atoms with van der Waals surface area (Å²) in [4.78, 5) is 12.4. The normalized spacial score (nSPS) is 25.9. The monoisotopic (exact) mass is 254 g/mol. The lowest BCUT2D eigenvalue weighted by Crippen LogP contribution is -2.32. The summed E-state index contributed by atoms with van der Waals surface area (Å²) in [6.45, 7) is 0. The van der Waals surface area contributed by atoms with E-state index in [1.807, 2.05) is 11.4 Å². The number of thiophene rings is 1. The first-order valence-electron chi connectivity index (χ1n) is 6.20. The third-order valence-electron chi connectivity index (χ3n) is 3.15. The molecule has 1 aliphatic rings. The van der Waals surface area contributed by atoms with Crippen LogP contribution in [0.5, 0.6) is 0 Å². The second-order valence-electron chi connectivity index (χ2n) is 4.48. The van der Waals surface area contributed by atoms with Crippen LogP contribution in [0.2, 0.25) is 0 Å². The minimum atomic E-state index is -0.501. The molecule has 2 atom stereocenters. The Hall–Kier alpha value is -0.870. The molecule has 0 aromatic carbocycles. The van der Waals surface area contributed by atoms with Gasteiger partial charge in [0.1, 0.15) is 11.0 Å². The van der Waals surface area contributed by atoms with Gasteiger partial charge in [-0.25, -0.2) is 4.79 Å². The molecule has 3 nitrogen and oxygen atoms in total. The van der Waals surface area contributed by atoms with Crippen molar-refractivity contribution in [2.24, 2.45) is 0 Å². The predicted molar refractivity (Wildman–Crippen MR) is 67.2 cm³/mol. The van der Waals surface area contributed by atoms with Crippen LogP contribution in [-0.4, -0.2) is 23.3 Å². The van der Waals surface area contributed by atoms with Crippen LogP contribution in [0.3, 0.4) is 0 Å².